The first-order valence-electron chi connectivity index (χ1n) is 7.94. The van der Waals surface area contributed by atoms with Gasteiger partial charge in [-0.3, -0.25) is 4.90 Å². The Kier molecular flexibility index (Phi) is 3.93. The predicted molar refractivity (Wildman–Crippen MR) is 97.0 cm³/mol. The molecule has 0 saturated carbocycles. The van der Waals surface area contributed by atoms with Gasteiger partial charge in [0, 0.05) is 17.7 Å². The molecule has 0 saturated heterocycles. The molecule has 2 aliphatic heterocycles. The van der Waals surface area contributed by atoms with Crippen molar-refractivity contribution < 1.29 is 14.3 Å². The number of hydrogen-bond donors (Lipinski definition) is 1. The standard InChI is InChI=1S/C18H16Cl2N2O3/c1-9(2)22-14-7-16-15(24-8-25-16)6-11(14)17(21-18(22)23)10-3-4-12(19)13(20)5-10/h3-7,9,17H,8H2,1-2H3,(H,21,23). The van der Waals surface area contributed by atoms with Gasteiger partial charge in [-0.05, 0) is 37.6 Å². The number of rotatable bonds is 2. The van der Waals surface area contributed by atoms with Crippen molar-refractivity contribution >= 4 is 34.9 Å². The van der Waals surface area contributed by atoms with Crippen LogP contribution >= 0.6 is 23.2 Å². The van der Waals surface area contributed by atoms with Crippen LogP contribution in [-0.2, 0) is 0 Å². The lowest BCUT2D eigenvalue weighted by molar-refractivity contribution is 0.174. The van der Waals surface area contributed by atoms with E-state index in [0.717, 1.165) is 16.8 Å². The molecule has 4 rings (SSSR count). The molecule has 1 atom stereocenters. The number of ether oxygens (including phenoxy) is 2. The number of urea groups is 1. The third kappa shape index (κ3) is 2.68. The summed E-state index contributed by atoms with van der Waals surface area (Å²) in [7, 11) is 0. The normalized spacial score (nSPS) is 18.4. The van der Waals surface area contributed by atoms with Gasteiger partial charge in [-0.15, -0.1) is 0 Å². The zero-order chi connectivity index (χ0) is 17.7. The molecule has 7 heteroatoms. The molecule has 0 fully saturated rings. The van der Waals surface area contributed by atoms with Crippen molar-refractivity contribution in [1.82, 2.24) is 5.32 Å². The van der Waals surface area contributed by atoms with Crippen LogP contribution in [0.3, 0.4) is 0 Å². The largest absolute Gasteiger partial charge is 0.454 e. The summed E-state index contributed by atoms with van der Waals surface area (Å²) < 4.78 is 11.0. The van der Waals surface area contributed by atoms with Gasteiger partial charge >= 0.3 is 6.03 Å². The van der Waals surface area contributed by atoms with Crippen molar-refractivity contribution in [2.45, 2.75) is 25.9 Å². The summed E-state index contributed by atoms with van der Waals surface area (Å²) in [5.41, 5.74) is 2.58. The number of anilines is 1. The summed E-state index contributed by atoms with van der Waals surface area (Å²) in [5.74, 6) is 1.32. The van der Waals surface area contributed by atoms with Gasteiger partial charge in [-0.25, -0.2) is 4.79 Å². The van der Waals surface area contributed by atoms with E-state index in [1.165, 1.54) is 0 Å². The molecular weight excluding hydrogens is 363 g/mol. The van der Waals surface area contributed by atoms with E-state index >= 15 is 0 Å². The third-order valence-electron chi connectivity index (χ3n) is 4.37. The number of benzene rings is 2. The van der Waals surface area contributed by atoms with Gasteiger partial charge in [0.1, 0.15) is 0 Å². The predicted octanol–water partition coefficient (Wildman–Crippen LogP) is 4.75. The van der Waals surface area contributed by atoms with Crippen molar-refractivity contribution in [3.05, 3.63) is 51.5 Å². The highest BCUT2D eigenvalue weighted by Crippen LogP contribution is 2.45. The molecule has 5 nitrogen and oxygen atoms in total. The lowest BCUT2D eigenvalue weighted by atomic mass is 9.94. The average Bonchev–Trinajstić information content (AvgIpc) is 3.01. The average molecular weight is 379 g/mol. The van der Waals surface area contributed by atoms with E-state index in [4.69, 9.17) is 32.7 Å². The highest BCUT2D eigenvalue weighted by molar-refractivity contribution is 6.42. The number of amides is 2. The van der Waals surface area contributed by atoms with E-state index in [1.54, 1.807) is 17.0 Å². The maximum atomic E-state index is 12.7. The number of fused-ring (bicyclic) bond motifs is 2. The van der Waals surface area contributed by atoms with Gasteiger partial charge in [0.15, 0.2) is 11.5 Å². The first-order chi connectivity index (χ1) is 12.0. The van der Waals surface area contributed by atoms with Crippen LogP contribution in [-0.4, -0.2) is 18.9 Å². The maximum absolute atomic E-state index is 12.7. The summed E-state index contributed by atoms with van der Waals surface area (Å²) >= 11 is 12.2. The highest BCUT2D eigenvalue weighted by atomic mass is 35.5. The fraction of sp³-hybridized carbons (Fsp3) is 0.278. The topological polar surface area (TPSA) is 50.8 Å². The quantitative estimate of drug-likeness (QED) is 0.819. The van der Waals surface area contributed by atoms with Crippen molar-refractivity contribution in [2.75, 3.05) is 11.7 Å². The number of halogens is 2. The fourth-order valence-electron chi connectivity index (χ4n) is 3.23. The maximum Gasteiger partial charge on any atom is 0.322 e. The van der Waals surface area contributed by atoms with E-state index in [2.05, 4.69) is 5.32 Å². The van der Waals surface area contributed by atoms with Gasteiger partial charge < -0.3 is 14.8 Å². The van der Waals surface area contributed by atoms with Crippen LogP contribution in [0.15, 0.2) is 30.3 Å². The smallest absolute Gasteiger partial charge is 0.322 e. The van der Waals surface area contributed by atoms with E-state index in [0.29, 0.717) is 21.5 Å². The number of hydrogen-bond acceptors (Lipinski definition) is 3. The molecule has 2 aromatic rings. The van der Waals surface area contributed by atoms with Crippen LogP contribution < -0.4 is 19.7 Å². The molecule has 1 N–H and O–H groups in total. The monoisotopic (exact) mass is 378 g/mol. The van der Waals surface area contributed by atoms with E-state index in [9.17, 15) is 4.79 Å². The summed E-state index contributed by atoms with van der Waals surface area (Å²) in [5, 5.41) is 3.97. The number of nitrogens with zero attached hydrogens (tertiary/aromatic N) is 1. The van der Waals surface area contributed by atoms with Gasteiger partial charge in [0.2, 0.25) is 6.79 Å². The summed E-state index contributed by atoms with van der Waals surface area (Å²) in [6.07, 6.45) is 0. The molecule has 2 aliphatic rings. The molecule has 2 heterocycles. The van der Waals surface area contributed by atoms with Crippen LogP contribution in [0.4, 0.5) is 10.5 Å². The van der Waals surface area contributed by atoms with Crippen LogP contribution in [0, 0.1) is 0 Å². The van der Waals surface area contributed by atoms with Crippen LogP contribution in [0.2, 0.25) is 10.0 Å². The second-order valence-electron chi connectivity index (χ2n) is 6.28. The molecule has 130 valence electrons. The Morgan fingerprint density at radius 3 is 2.52 bits per heavy atom. The minimum atomic E-state index is -0.346. The molecule has 0 spiro atoms. The van der Waals surface area contributed by atoms with Crippen molar-refractivity contribution in [2.24, 2.45) is 0 Å². The van der Waals surface area contributed by atoms with Crippen molar-refractivity contribution in [1.29, 1.82) is 0 Å². The van der Waals surface area contributed by atoms with E-state index < -0.39 is 0 Å². The van der Waals surface area contributed by atoms with Gasteiger partial charge in [0.05, 0.1) is 21.8 Å². The zero-order valence-electron chi connectivity index (χ0n) is 13.7. The van der Waals surface area contributed by atoms with Gasteiger partial charge in [0.25, 0.3) is 0 Å². The first-order valence-corrected chi connectivity index (χ1v) is 8.69. The molecule has 0 bridgehead atoms. The number of carbonyl (C=O) groups is 1. The summed E-state index contributed by atoms with van der Waals surface area (Å²) in [4.78, 5) is 14.4. The van der Waals surface area contributed by atoms with Gasteiger partial charge in [-0.2, -0.15) is 0 Å². The van der Waals surface area contributed by atoms with E-state index in [1.807, 2.05) is 32.0 Å². The molecule has 2 amide bonds. The van der Waals surface area contributed by atoms with Gasteiger partial charge in [-0.1, -0.05) is 29.3 Å². The molecular formula is C18H16Cl2N2O3. The van der Waals surface area contributed by atoms with Crippen molar-refractivity contribution in [3.8, 4) is 11.5 Å². The molecule has 25 heavy (non-hydrogen) atoms. The Morgan fingerprint density at radius 1 is 1.12 bits per heavy atom. The summed E-state index contributed by atoms with van der Waals surface area (Å²) in [6.45, 7) is 4.11. The SMILES string of the molecule is CC(C)N1C(=O)NC(c2ccc(Cl)c(Cl)c2)c2cc3c(cc21)OCO3. The highest BCUT2D eigenvalue weighted by Gasteiger charge is 2.35. The van der Waals surface area contributed by atoms with Crippen LogP contribution in [0.1, 0.15) is 31.0 Å². The Hall–Kier alpha value is -2.11. The Bertz CT molecular complexity index is 870. The molecule has 1 unspecified atom stereocenters. The minimum absolute atomic E-state index is 0.00567. The molecule has 0 radical (unpaired) electrons. The fourth-order valence-corrected chi connectivity index (χ4v) is 3.54. The third-order valence-corrected chi connectivity index (χ3v) is 5.11. The summed E-state index contributed by atoms with van der Waals surface area (Å²) in [6, 6.07) is 8.62. The van der Waals surface area contributed by atoms with E-state index in [-0.39, 0.29) is 24.9 Å². The molecule has 2 aromatic carbocycles. The van der Waals surface area contributed by atoms with Crippen molar-refractivity contribution in [3.63, 3.8) is 0 Å². The Balaban J connectivity index is 1.89. The molecule has 0 aliphatic carbocycles. The second kappa shape index (κ2) is 6.00. The number of nitrogens with one attached hydrogen (secondary N) is 1. The lowest BCUT2D eigenvalue weighted by Gasteiger charge is -2.37. The Labute approximate surface area is 155 Å². The van der Waals surface area contributed by atoms with Crippen LogP contribution in [0.5, 0.6) is 11.5 Å². The Morgan fingerprint density at radius 2 is 1.84 bits per heavy atom. The van der Waals surface area contributed by atoms with Crippen LogP contribution in [0.25, 0.3) is 0 Å². The minimum Gasteiger partial charge on any atom is -0.454 e. The number of carbonyl (C=O) groups excluding carboxylic acids is 1. The first kappa shape index (κ1) is 16.4. The lowest BCUT2D eigenvalue weighted by Crippen LogP contribution is -2.50. The second-order valence-corrected chi connectivity index (χ2v) is 7.10. The molecule has 0 aromatic heterocycles. The zero-order valence-corrected chi connectivity index (χ0v) is 15.2.